The highest BCUT2D eigenvalue weighted by atomic mass is 16.3. The topological polar surface area (TPSA) is 73.1 Å². The molecule has 0 spiro atoms. The summed E-state index contributed by atoms with van der Waals surface area (Å²) in [5.41, 5.74) is -1.13. The van der Waals surface area contributed by atoms with Crippen molar-refractivity contribution in [2.45, 2.75) is 38.1 Å². The first-order valence-electron chi connectivity index (χ1n) is 4.95. The molecule has 14 heavy (non-hydrogen) atoms. The number of aliphatic hydroxyl groups is 1. The van der Waals surface area contributed by atoms with Gasteiger partial charge in [-0.05, 0) is 19.8 Å². The summed E-state index contributed by atoms with van der Waals surface area (Å²) < 4.78 is 0. The van der Waals surface area contributed by atoms with Gasteiger partial charge in [0.25, 0.3) is 0 Å². The monoisotopic (exact) mass is 196 g/mol. The third kappa shape index (κ3) is 2.46. The molecule has 0 bridgehead atoms. The van der Waals surface area contributed by atoms with E-state index in [0.717, 1.165) is 25.7 Å². The van der Waals surface area contributed by atoms with Gasteiger partial charge in [-0.15, -0.1) is 0 Å². The van der Waals surface area contributed by atoms with Gasteiger partial charge in [0.15, 0.2) is 0 Å². The zero-order valence-electron chi connectivity index (χ0n) is 8.42. The van der Waals surface area contributed by atoms with Gasteiger partial charge in [-0.25, -0.2) is 0 Å². The molecule has 2 N–H and O–H groups in total. The van der Waals surface area contributed by atoms with Gasteiger partial charge in [0, 0.05) is 5.92 Å². The van der Waals surface area contributed by atoms with Crippen molar-refractivity contribution >= 4 is 5.91 Å². The Kier molecular flexibility index (Phi) is 3.48. The van der Waals surface area contributed by atoms with E-state index in [0.29, 0.717) is 0 Å². The second-order valence-electron chi connectivity index (χ2n) is 4.07. The summed E-state index contributed by atoms with van der Waals surface area (Å²) in [7, 11) is 0. The van der Waals surface area contributed by atoms with Crippen LogP contribution in [0.4, 0.5) is 0 Å². The van der Waals surface area contributed by atoms with Crippen molar-refractivity contribution in [2.24, 2.45) is 5.92 Å². The van der Waals surface area contributed by atoms with Gasteiger partial charge in [-0.1, -0.05) is 12.8 Å². The number of carbonyl (C=O) groups excluding carboxylic acids is 1. The Labute approximate surface area is 83.9 Å². The second-order valence-corrected chi connectivity index (χ2v) is 4.07. The molecule has 1 fully saturated rings. The third-order valence-electron chi connectivity index (χ3n) is 2.69. The van der Waals surface area contributed by atoms with E-state index in [9.17, 15) is 4.79 Å². The molecule has 1 atom stereocenters. The molecule has 78 valence electrons. The van der Waals surface area contributed by atoms with Crippen LogP contribution in [-0.4, -0.2) is 23.2 Å². The minimum absolute atomic E-state index is 0.0363. The van der Waals surface area contributed by atoms with Gasteiger partial charge in [-0.3, -0.25) is 4.79 Å². The first kappa shape index (κ1) is 11.0. The van der Waals surface area contributed by atoms with Crippen LogP contribution in [0.2, 0.25) is 0 Å². The average Bonchev–Trinajstić information content (AvgIpc) is 2.70. The summed E-state index contributed by atoms with van der Waals surface area (Å²) in [4.78, 5) is 11.6. The Balaban J connectivity index is 2.51. The summed E-state index contributed by atoms with van der Waals surface area (Å²) in [5.74, 6) is -0.0603. The zero-order chi connectivity index (χ0) is 10.6. The normalized spacial score (nSPS) is 21.2. The fourth-order valence-corrected chi connectivity index (χ4v) is 1.66. The number of nitriles is 1. The molecule has 1 rings (SSSR count). The molecule has 1 amide bonds. The lowest BCUT2D eigenvalue weighted by molar-refractivity contribution is -0.126. The maximum Gasteiger partial charge on any atom is 0.224 e. The first-order valence-corrected chi connectivity index (χ1v) is 4.95. The van der Waals surface area contributed by atoms with Crippen LogP contribution in [0.15, 0.2) is 0 Å². The van der Waals surface area contributed by atoms with Crippen molar-refractivity contribution in [3.05, 3.63) is 0 Å². The van der Waals surface area contributed by atoms with Crippen LogP contribution in [0.25, 0.3) is 0 Å². The Morgan fingerprint density at radius 3 is 2.64 bits per heavy atom. The van der Waals surface area contributed by atoms with Crippen LogP contribution < -0.4 is 5.32 Å². The minimum Gasteiger partial charge on any atom is -0.393 e. The van der Waals surface area contributed by atoms with Gasteiger partial charge in [-0.2, -0.15) is 5.26 Å². The van der Waals surface area contributed by atoms with Crippen molar-refractivity contribution in [3.63, 3.8) is 0 Å². The lowest BCUT2D eigenvalue weighted by Gasteiger charge is -2.22. The van der Waals surface area contributed by atoms with E-state index >= 15 is 0 Å². The molecule has 4 nitrogen and oxygen atoms in total. The number of nitrogens with one attached hydrogen (secondary N) is 1. The van der Waals surface area contributed by atoms with Gasteiger partial charge in [0.2, 0.25) is 5.91 Å². The third-order valence-corrected chi connectivity index (χ3v) is 2.69. The number of carbonyl (C=O) groups is 1. The molecule has 0 aromatic rings. The molecule has 1 unspecified atom stereocenters. The SMILES string of the molecule is CC(C#N)(CO)NC(=O)C1CCCC1. The summed E-state index contributed by atoms with van der Waals surface area (Å²) in [6, 6.07) is 1.90. The molecule has 0 aliphatic heterocycles. The van der Waals surface area contributed by atoms with Crippen LogP contribution >= 0.6 is 0 Å². The number of aliphatic hydroxyl groups excluding tert-OH is 1. The molecular formula is C10H16N2O2. The maximum absolute atomic E-state index is 11.6. The van der Waals surface area contributed by atoms with Crippen LogP contribution in [0.1, 0.15) is 32.6 Å². The number of rotatable bonds is 3. The number of nitrogens with zero attached hydrogens (tertiary/aromatic N) is 1. The predicted molar refractivity (Wildman–Crippen MR) is 51.2 cm³/mol. The fourth-order valence-electron chi connectivity index (χ4n) is 1.66. The number of hydrogen-bond donors (Lipinski definition) is 2. The summed E-state index contributed by atoms with van der Waals surface area (Å²) >= 11 is 0. The minimum atomic E-state index is -1.13. The lowest BCUT2D eigenvalue weighted by Crippen LogP contribution is -2.49. The Morgan fingerprint density at radius 1 is 1.64 bits per heavy atom. The van der Waals surface area contributed by atoms with E-state index in [4.69, 9.17) is 10.4 Å². The van der Waals surface area contributed by atoms with E-state index in [1.54, 1.807) is 0 Å². The molecule has 0 saturated heterocycles. The molecule has 0 aromatic heterocycles. The molecule has 0 radical (unpaired) electrons. The van der Waals surface area contributed by atoms with Gasteiger partial charge < -0.3 is 10.4 Å². The van der Waals surface area contributed by atoms with Crippen LogP contribution in [0, 0.1) is 17.2 Å². The van der Waals surface area contributed by atoms with Gasteiger partial charge in [0.05, 0.1) is 12.7 Å². The predicted octanol–water partition coefficient (Wildman–Crippen LogP) is 0.567. The van der Waals surface area contributed by atoms with Crippen LogP contribution in [-0.2, 0) is 4.79 Å². The van der Waals surface area contributed by atoms with Crippen molar-refractivity contribution in [1.82, 2.24) is 5.32 Å². The zero-order valence-corrected chi connectivity index (χ0v) is 8.42. The Hall–Kier alpha value is -1.08. The maximum atomic E-state index is 11.6. The summed E-state index contributed by atoms with van der Waals surface area (Å²) in [6.07, 6.45) is 3.97. The lowest BCUT2D eigenvalue weighted by atomic mass is 10.0. The average molecular weight is 196 g/mol. The van der Waals surface area contributed by atoms with E-state index in [1.807, 2.05) is 6.07 Å². The molecule has 1 aliphatic rings. The highest BCUT2D eigenvalue weighted by molar-refractivity contribution is 5.80. The molecule has 1 aliphatic carbocycles. The van der Waals surface area contributed by atoms with E-state index in [1.165, 1.54) is 6.92 Å². The number of amides is 1. The second kappa shape index (κ2) is 4.43. The molecule has 1 saturated carbocycles. The largest absolute Gasteiger partial charge is 0.393 e. The smallest absolute Gasteiger partial charge is 0.224 e. The van der Waals surface area contributed by atoms with Gasteiger partial charge >= 0.3 is 0 Å². The summed E-state index contributed by atoms with van der Waals surface area (Å²) in [6.45, 7) is 1.18. The van der Waals surface area contributed by atoms with E-state index in [2.05, 4.69) is 5.32 Å². The first-order chi connectivity index (χ1) is 6.61. The Morgan fingerprint density at radius 2 is 2.21 bits per heavy atom. The van der Waals surface area contributed by atoms with E-state index in [-0.39, 0.29) is 18.4 Å². The van der Waals surface area contributed by atoms with Crippen molar-refractivity contribution < 1.29 is 9.90 Å². The molecule has 0 heterocycles. The standard InChI is InChI=1S/C10H16N2O2/c1-10(6-11,7-13)12-9(14)8-4-2-3-5-8/h8,13H,2-5,7H2,1H3,(H,12,14). The Bertz CT molecular complexity index is 253. The van der Waals surface area contributed by atoms with Crippen molar-refractivity contribution in [1.29, 1.82) is 5.26 Å². The van der Waals surface area contributed by atoms with Gasteiger partial charge in [0.1, 0.15) is 5.54 Å². The quantitative estimate of drug-likeness (QED) is 0.693. The van der Waals surface area contributed by atoms with Crippen molar-refractivity contribution in [3.8, 4) is 6.07 Å². The van der Waals surface area contributed by atoms with Crippen molar-refractivity contribution in [2.75, 3.05) is 6.61 Å². The molecular weight excluding hydrogens is 180 g/mol. The molecule has 0 aromatic carbocycles. The number of hydrogen-bond acceptors (Lipinski definition) is 3. The highest BCUT2D eigenvalue weighted by Crippen LogP contribution is 2.25. The van der Waals surface area contributed by atoms with Crippen LogP contribution in [0.3, 0.4) is 0 Å². The molecule has 4 heteroatoms. The fraction of sp³-hybridized carbons (Fsp3) is 0.800. The highest BCUT2D eigenvalue weighted by Gasteiger charge is 2.30. The van der Waals surface area contributed by atoms with E-state index < -0.39 is 5.54 Å². The van der Waals surface area contributed by atoms with Crippen LogP contribution in [0.5, 0.6) is 0 Å². The summed E-state index contributed by atoms with van der Waals surface area (Å²) in [5, 5.41) is 20.3.